The fourth-order valence-electron chi connectivity index (χ4n) is 1.28. The van der Waals surface area contributed by atoms with Gasteiger partial charge in [-0.15, -0.1) is 23.2 Å². The SMILES string of the molecule is CCC(CCl)(CCl)Nc1ncccc1OC. The van der Waals surface area contributed by atoms with Gasteiger partial charge in [0.2, 0.25) is 0 Å². The van der Waals surface area contributed by atoms with Crippen molar-refractivity contribution in [3.05, 3.63) is 18.3 Å². The second kappa shape index (κ2) is 6.16. The van der Waals surface area contributed by atoms with Crippen LogP contribution in [0.3, 0.4) is 0 Å². The average Bonchev–Trinajstić information content (AvgIpc) is 2.36. The molecule has 16 heavy (non-hydrogen) atoms. The quantitative estimate of drug-likeness (QED) is 0.800. The molecule has 0 atom stereocenters. The first-order valence-corrected chi connectivity index (χ1v) is 6.17. The van der Waals surface area contributed by atoms with E-state index < -0.39 is 0 Å². The summed E-state index contributed by atoms with van der Waals surface area (Å²) in [6, 6.07) is 3.66. The third-order valence-corrected chi connectivity index (χ3v) is 3.59. The molecule has 1 aromatic heterocycles. The fraction of sp³-hybridized carbons (Fsp3) is 0.545. The van der Waals surface area contributed by atoms with E-state index in [1.165, 1.54) is 0 Å². The molecule has 0 saturated heterocycles. The molecule has 90 valence electrons. The molecule has 0 amide bonds. The lowest BCUT2D eigenvalue weighted by Crippen LogP contribution is -2.42. The van der Waals surface area contributed by atoms with Gasteiger partial charge in [0, 0.05) is 18.0 Å². The fourth-order valence-corrected chi connectivity index (χ4v) is 2.08. The van der Waals surface area contributed by atoms with E-state index in [0.717, 1.165) is 6.42 Å². The number of halogens is 2. The first kappa shape index (κ1) is 13.4. The number of methoxy groups -OCH3 is 1. The second-order valence-corrected chi connectivity index (χ2v) is 4.11. The van der Waals surface area contributed by atoms with Gasteiger partial charge >= 0.3 is 0 Å². The summed E-state index contributed by atoms with van der Waals surface area (Å²) in [4.78, 5) is 4.22. The number of aromatic nitrogens is 1. The van der Waals surface area contributed by atoms with Crippen molar-refractivity contribution >= 4 is 29.0 Å². The third kappa shape index (κ3) is 2.92. The summed E-state index contributed by atoms with van der Waals surface area (Å²) >= 11 is 11.9. The number of rotatable bonds is 6. The highest BCUT2D eigenvalue weighted by Crippen LogP contribution is 2.27. The number of nitrogens with zero attached hydrogens (tertiary/aromatic N) is 1. The molecule has 0 aliphatic heterocycles. The Labute approximate surface area is 106 Å². The molecule has 1 heterocycles. The van der Waals surface area contributed by atoms with E-state index in [9.17, 15) is 0 Å². The van der Waals surface area contributed by atoms with Gasteiger partial charge in [-0.2, -0.15) is 0 Å². The zero-order valence-electron chi connectivity index (χ0n) is 9.46. The van der Waals surface area contributed by atoms with Crippen LogP contribution in [0.4, 0.5) is 5.82 Å². The molecular formula is C11H16Cl2N2O. The van der Waals surface area contributed by atoms with Gasteiger partial charge in [-0.1, -0.05) is 6.92 Å². The van der Waals surface area contributed by atoms with Crippen molar-refractivity contribution in [3.8, 4) is 5.75 Å². The standard InChI is InChI=1S/C11H16Cl2N2O/c1-3-11(7-12,8-13)15-10-9(16-2)5-4-6-14-10/h4-6H,3,7-8H2,1-2H3,(H,14,15). The average molecular weight is 263 g/mol. The van der Waals surface area contributed by atoms with Crippen LogP contribution in [0.25, 0.3) is 0 Å². The van der Waals surface area contributed by atoms with Crippen molar-refractivity contribution in [1.29, 1.82) is 0 Å². The number of anilines is 1. The summed E-state index contributed by atoms with van der Waals surface area (Å²) < 4.78 is 5.21. The molecule has 0 aliphatic rings. The first-order valence-electron chi connectivity index (χ1n) is 5.10. The predicted octanol–water partition coefficient (Wildman–Crippen LogP) is 3.13. The lowest BCUT2D eigenvalue weighted by molar-refractivity contribution is 0.412. The monoisotopic (exact) mass is 262 g/mol. The Morgan fingerprint density at radius 2 is 2.12 bits per heavy atom. The van der Waals surface area contributed by atoms with Gasteiger partial charge in [0.1, 0.15) is 0 Å². The predicted molar refractivity (Wildman–Crippen MR) is 68.9 cm³/mol. The van der Waals surface area contributed by atoms with Crippen LogP contribution in [-0.2, 0) is 0 Å². The van der Waals surface area contributed by atoms with Crippen LogP contribution in [0.1, 0.15) is 13.3 Å². The van der Waals surface area contributed by atoms with Crippen LogP contribution < -0.4 is 10.1 Å². The van der Waals surface area contributed by atoms with Gasteiger partial charge in [-0.25, -0.2) is 4.98 Å². The maximum atomic E-state index is 5.95. The van der Waals surface area contributed by atoms with E-state index in [4.69, 9.17) is 27.9 Å². The van der Waals surface area contributed by atoms with Crippen LogP contribution in [0.2, 0.25) is 0 Å². The first-order chi connectivity index (χ1) is 7.71. The van der Waals surface area contributed by atoms with E-state index in [-0.39, 0.29) is 5.54 Å². The Hall–Kier alpha value is -0.670. The molecule has 0 aliphatic carbocycles. The maximum Gasteiger partial charge on any atom is 0.169 e. The number of hydrogen-bond acceptors (Lipinski definition) is 3. The molecule has 0 aromatic carbocycles. The molecule has 0 saturated carbocycles. The molecule has 3 nitrogen and oxygen atoms in total. The number of alkyl halides is 2. The largest absolute Gasteiger partial charge is 0.493 e. The Kier molecular flexibility index (Phi) is 5.16. The van der Waals surface area contributed by atoms with E-state index >= 15 is 0 Å². The number of hydrogen-bond donors (Lipinski definition) is 1. The molecule has 0 unspecified atom stereocenters. The zero-order valence-corrected chi connectivity index (χ0v) is 11.0. The molecule has 1 N–H and O–H groups in total. The van der Waals surface area contributed by atoms with Crippen molar-refractivity contribution in [2.45, 2.75) is 18.9 Å². The van der Waals surface area contributed by atoms with Crippen LogP contribution in [0.5, 0.6) is 5.75 Å². The lowest BCUT2D eigenvalue weighted by Gasteiger charge is -2.30. The summed E-state index contributed by atoms with van der Waals surface area (Å²) in [6.45, 7) is 2.03. The van der Waals surface area contributed by atoms with Crippen LogP contribution in [-0.4, -0.2) is 29.4 Å². The smallest absolute Gasteiger partial charge is 0.169 e. The lowest BCUT2D eigenvalue weighted by atomic mass is 10.0. The van der Waals surface area contributed by atoms with Crippen molar-refractivity contribution in [1.82, 2.24) is 4.98 Å². The highest BCUT2D eigenvalue weighted by Gasteiger charge is 2.27. The second-order valence-electron chi connectivity index (χ2n) is 3.58. The minimum Gasteiger partial charge on any atom is -0.493 e. The Morgan fingerprint density at radius 1 is 1.44 bits per heavy atom. The van der Waals surface area contributed by atoms with Crippen LogP contribution in [0.15, 0.2) is 18.3 Å². The van der Waals surface area contributed by atoms with Crippen molar-refractivity contribution in [2.24, 2.45) is 0 Å². The number of ether oxygens (including phenoxy) is 1. The Balaban J connectivity index is 2.93. The summed E-state index contributed by atoms with van der Waals surface area (Å²) in [5, 5.41) is 3.26. The summed E-state index contributed by atoms with van der Waals surface area (Å²) in [6.07, 6.45) is 2.52. The maximum absolute atomic E-state index is 5.95. The van der Waals surface area contributed by atoms with Crippen LogP contribution in [0, 0.1) is 0 Å². The van der Waals surface area contributed by atoms with Crippen molar-refractivity contribution in [3.63, 3.8) is 0 Å². The van der Waals surface area contributed by atoms with Gasteiger partial charge in [-0.3, -0.25) is 0 Å². The molecule has 0 fully saturated rings. The van der Waals surface area contributed by atoms with Gasteiger partial charge in [-0.05, 0) is 18.6 Å². The summed E-state index contributed by atoms with van der Waals surface area (Å²) in [5.74, 6) is 2.21. The van der Waals surface area contributed by atoms with E-state index in [2.05, 4.69) is 10.3 Å². The number of nitrogens with one attached hydrogen (secondary N) is 1. The van der Waals surface area contributed by atoms with Crippen molar-refractivity contribution < 1.29 is 4.74 Å². The topological polar surface area (TPSA) is 34.2 Å². The normalized spacial score (nSPS) is 11.2. The third-order valence-electron chi connectivity index (χ3n) is 2.56. The minimum atomic E-state index is -0.343. The Bertz CT molecular complexity index is 321. The summed E-state index contributed by atoms with van der Waals surface area (Å²) in [7, 11) is 1.61. The number of pyridine rings is 1. The van der Waals surface area contributed by atoms with Crippen LogP contribution >= 0.6 is 23.2 Å². The van der Waals surface area contributed by atoms with Gasteiger partial charge in [0.05, 0.1) is 12.6 Å². The molecule has 0 radical (unpaired) electrons. The van der Waals surface area contributed by atoms with Crippen molar-refractivity contribution in [2.75, 3.05) is 24.2 Å². The molecular weight excluding hydrogens is 247 g/mol. The molecule has 0 spiro atoms. The van der Waals surface area contributed by atoms with Gasteiger partial charge in [0.15, 0.2) is 11.6 Å². The molecule has 1 rings (SSSR count). The highest BCUT2D eigenvalue weighted by molar-refractivity contribution is 6.22. The molecule has 1 aromatic rings. The zero-order chi connectivity index (χ0) is 12.0. The van der Waals surface area contributed by atoms with E-state index in [1.807, 2.05) is 19.1 Å². The Morgan fingerprint density at radius 3 is 2.62 bits per heavy atom. The minimum absolute atomic E-state index is 0.343. The summed E-state index contributed by atoms with van der Waals surface area (Å²) in [5.41, 5.74) is -0.343. The van der Waals surface area contributed by atoms with Gasteiger partial charge < -0.3 is 10.1 Å². The van der Waals surface area contributed by atoms with E-state index in [1.54, 1.807) is 13.3 Å². The highest BCUT2D eigenvalue weighted by atomic mass is 35.5. The van der Waals surface area contributed by atoms with E-state index in [0.29, 0.717) is 23.3 Å². The molecule has 5 heteroatoms. The van der Waals surface area contributed by atoms with Gasteiger partial charge in [0.25, 0.3) is 0 Å². The molecule has 0 bridgehead atoms.